The summed E-state index contributed by atoms with van der Waals surface area (Å²) < 4.78 is 11.2. The van der Waals surface area contributed by atoms with Crippen molar-refractivity contribution in [2.24, 2.45) is 17.3 Å². The van der Waals surface area contributed by atoms with Gasteiger partial charge in [-0.25, -0.2) is 0 Å². The van der Waals surface area contributed by atoms with E-state index in [2.05, 4.69) is 35.2 Å². The van der Waals surface area contributed by atoms with Gasteiger partial charge in [0.15, 0.2) is 6.79 Å². The van der Waals surface area contributed by atoms with Crippen molar-refractivity contribution in [1.29, 1.82) is 0 Å². The summed E-state index contributed by atoms with van der Waals surface area (Å²) in [5.41, 5.74) is 3.06. The molecule has 0 bridgehead atoms. The molecule has 2 N–H and O–H groups in total. The van der Waals surface area contributed by atoms with Crippen molar-refractivity contribution in [3.63, 3.8) is 0 Å². The minimum Gasteiger partial charge on any atom is -0.465 e. The van der Waals surface area contributed by atoms with E-state index in [1.807, 2.05) is 0 Å². The standard InChI is InChI=1S/C26H36N2O3/c1-4-26(29)10-8-22-20-6-5-18-15-24(31-17-30-3)23(28-13-11-27-12-14-28)16-21(18)19(20)7-9-25(22,26)2/h1,15-16,19-20,22,27,29H,5-14,17H2,2-3H3/t19?,20?,22?,25-,26-/m0/s1. The predicted molar refractivity (Wildman–Crippen MR) is 122 cm³/mol. The lowest BCUT2D eigenvalue weighted by molar-refractivity contribution is -0.0647. The lowest BCUT2D eigenvalue weighted by Crippen LogP contribution is -2.50. The third-order valence-electron chi connectivity index (χ3n) is 8.98. The van der Waals surface area contributed by atoms with Gasteiger partial charge >= 0.3 is 0 Å². The second kappa shape index (κ2) is 7.99. The average Bonchev–Trinajstić information content (AvgIpc) is 3.08. The lowest BCUT2D eigenvalue weighted by Gasteiger charge is -2.52. The topological polar surface area (TPSA) is 54.0 Å². The number of ether oxygens (including phenoxy) is 2. The highest BCUT2D eigenvalue weighted by atomic mass is 16.7. The number of nitrogens with zero attached hydrogens (tertiary/aromatic N) is 1. The van der Waals surface area contributed by atoms with E-state index >= 15 is 0 Å². The number of hydrogen-bond acceptors (Lipinski definition) is 5. The van der Waals surface area contributed by atoms with Crippen molar-refractivity contribution in [2.75, 3.05) is 45.0 Å². The zero-order chi connectivity index (χ0) is 21.6. The molecule has 4 aliphatic rings. The molecule has 5 nitrogen and oxygen atoms in total. The molecule has 0 radical (unpaired) electrons. The van der Waals surface area contributed by atoms with Crippen molar-refractivity contribution >= 4 is 5.69 Å². The zero-order valence-electron chi connectivity index (χ0n) is 19.0. The monoisotopic (exact) mass is 424 g/mol. The summed E-state index contributed by atoms with van der Waals surface area (Å²) in [6.07, 6.45) is 12.0. The van der Waals surface area contributed by atoms with Crippen molar-refractivity contribution in [3.05, 3.63) is 23.3 Å². The normalized spacial score (nSPS) is 36.8. The Morgan fingerprint density at radius 3 is 2.77 bits per heavy atom. The molecule has 5 atom stereocenters. The maximum Gasteiger partial charge on any atom is 0.188 e. The Kier molecular flexibility index (Phi) is 5.45. The number of benzene rings is 1. The zero-order valence-corrected chi connectivity index (χ0v) is 19.0. The first-order valence-electron chi connectivity index (χ1n) is 11.9. The van der Waals surface area contributed by atoms with Crippen LogP contribution < -0.4 is 15.0 Å². The number of aryl methyl sites for hydroxylation is 1. The molecule has 1 heterocycles. The third-order valence-corrected chi connectivity index (χ3v) is 8.98. The first-order chi connectivity index (χ1) is 15.0. The van der Waals surface area contributed by atoms with Crippen molar-refractivity contribution in [2.45, 2.75) is 57.0 Å². The molecule has 3 unspecified atom stereocenters. The smallest absolute Gasteiger partial charge is 0.188 e. The van der Waals surface area contributed by atoms with Crippen LogP contribution in [-0.4, -0.2) is 50.8 Å². The molecule has 2 saturated carbocycles. The van der Waals surface area contributed by atoms with E-state index in [0.29, 0.717) is 17.8 Å². The number of piperazine rings is 1. The molecule has 0 spiro atoms. The number of fused-ring (bicyclic) bond motifs is 5. The summed E-state index contributed by atoms with van der Waals surface area (Å²) in [5, 5.41) is 14.6. The summed E-state index contributed by atoms with van der Waals surface area (Å²) in [6.45, 7) is 6.51. The predicted octanol–water partition coefficient (Wildman–Crippen LogP) is 3.30. The van der Waals surface area contributed by atoms with Gasteiger partial charge in [0, 0.05) is 38.7 Å². The van der Waals surface area contributed by atoms with Gasteiger partial charge in [0.25, 0.3) is 0 Å². The van der Waals surface area contributed by atoms with E-state index in [1.165, 1.54) is 23.2 Å². The molecule has 1 aromatic carbocycles. The molecule has 1 saturated heterocycles. The van der Waals surface area contributed by atoms with Crippen LogP contribution in [0.5, 0.6) is 5.75 Å². The second-order valence-corrected chi connectivity index (χ2v) is 10.2. The highest BCUT2D eigenvalue weighted by molar-refractivity contribution is 5.63. The number of anilines is 1. The fourth-order valence-electron chi connectivity index (χ4n) is 7.23. The van der Waals surface area contributed by atoms with Crippen LogP contribution in [0.1, 0.15) is 56.1 Å². The minimum absolute atomic E-state index is 0.149. The van der Waals surface area contributed by atoms with Crippen LogP contribution in [-0.2, 0) is 11.2 Å². The van der Waals surface area contributed by atoms with Gasteiger partial charge in [-0.2, -0.15) is 0 Å². The van der Waals surface area contributed by atoms with Gasteiger partial charge in [-0.3, -0.25) is 0 Å². The van der Waals surface area contributed by atoms with Crippen LogP contribution >= 0.6 is 0 Å². The molecule has 5 heteroatoms. The highest BCUT2D eigenvalue weighted by Crippen LogP contribution is 2.64. The molecule has 1 aromatic rings. The number of aliphatic hydroxyl groups is 1. The van der Waals surface area contributed by atoms with Crippen molar-refractivity contribution in [1.82, 2.24) is 5.32 Å². The van der Waals surface area contributed by atoms with Gasteiger partial charge in [0.1, 0.15) is 11.4 Å². The Morgan fingerprint density at radius 2 is 2.03 bits per heavy atom. The third kappa shape index (κ3) is 3.26. The van der Waals surface area contributed by atoms with Crippen LogP contribution in [0, 0.1) is 29.6 Å². The molecule has 1 aliphatic heterocycles. The summed E-state index contributed by atoms with van der Waals surface area (Å²) in [5.74, 6) is 5.41. The summed E-state index contributed by atoms with van der Waals surface area (Å²) >= 11 is 0. The quantitative estimate of drug-likeness (QED) is 0.574. The molecule has 168 valence electrons. The first kappa shape index (κ1) is 21.1. The Bertz CT molecular complexity index is 874. The van der Waals surface area contributed by atoms with E-state index in [-0.39, 0.29) is 12.2 Å². The minimum atomic E-state index is -0.938. The Labute approximate surface area is 186 Å². The second-order valence-electron chi connectivity index (χ2n) is 10.2. The molecule has 3 fully saturated rings. The highest BCUT2D eigenvalue weighted by Gasteiger charge is 2.61. The van der Waals surface area contributed by atoms with Crippen molar-refractivity contribution < 1.29 is 14.6 Å². The van der Waals surface area contributed by atoms with E-state index in [9.17, 15) is 5.11 Å². The summed E-state index contributed by atoms with van der Waals surface area (Å²) in [6, 6.07) is 4.70. The van der Waals surface area contributed by atoms with Crippen LogP contribution in [0.15, 0.2) is 12.1 Å². The molecular formula is C26H36N2O3. The fourth-order valence-corrected chi connectivity index (χ4v) is 7.23. The van der Waals surface area contributed by atoms with Crippen LogP contribution in [0.25, 0.3) is 0 Å². The van der Waals surface area contributed by atoms with Gasteiger partial charge < -0.3 is 24.8 Å². The Hall–Kier alpha value is -1.74. The molecule has 5 rings (SSSR count). The first-order valence-corrected chi connectivity index (χ1v) is 11.9. The Balaban J connectivity index is 1.50. The van der Waals surface area contributed by atoms with Gasteiger partial charge in [-0.1, -0.05) is 12.8 Å². The van der Waals surface area contributed by atoms with Gasteiger partial charge in [-0.15, -0.1) is 6.42 Å². The average molecular weight is 425 g/mol. The van der Waals surface area contributed by atoms with Gasteiger partial charge in [0.2, 0.25) is 0 Å². The molecule has 31 heavy (non-hydrogen) atoms. The molecule has 0 aromatic heterocycles. The van der Waals surface area contributed by atoms with Gasteiger partial charge in [-0.05, 0) is 79.5 Å². The van der Waals surface area contributed by atoms with Crippen molar-refractivity contribution in [3.8, 4) is 18.1 Å². The van der Waals surface area contributed by atoms with Crippen LogP contribution in [0.4, 0.5) is 5.69 Å². The van der Waals surface area contributed by atoms with Crippen LogP contribution in [0.2, 0.25) is 0 Å². The number of hydrogen-bond donors (Lipinski definition) is 2. The Morgan fingerprint density at radius 1 is 1.23 bits per heavy atom. The number of methoxy groups -OCH3 is 1. The van der Waals surface area contributed by atoms with Crippen LogP contribution in [0.3, 0.4) is 0 Å². The summed E-state index contributed by atoms with van der Waals surface area (Å²) in [7, 11) is 1.67. The lowest BCUT2D eigenvalue weighted by atomic mass is 9.53. The van der Waals surface area contributed by atoms with E-state index in [4.69, 9.17) is 15.9 Å². The molecule has 3 aliphatic carbocycles. The van der Waals surface area contributed by atoms with Gasteiger partial charge in [0.05, 0.1) is 5.69 Å². The summed E-state index contributed by atoms with van der Waals surface area (Å²) in [4.78, 5) is 2.45. The number of terminal acetylenes is 1. The van der Waals surface area contributed by atoms with E-state index in [1.54, 1.807) is 7.11 Å². The van der Waals surface area contributed by atoms with E-state index in [0.717, 1.165) is 64.0 Å². The fraction of sp³-hybridized carbons (Fsp3) is 0.692. The number of nitrogens with one attached hydrogen (secondary N) is 1. The maximum absolute atomic E-state index is 11.2. The van der Waals surface area contributed by atoms with E-state index < -0.39 is 5.60 Å². The maximum atomic E-state index is 11.2. The SMILES string of the molecule is C#C[C@]1(O)CCC2C3CCc4cc(OCOC)c(N5CCNCC5)cc4C3CC[C@@]21C. The largest absolute Gasteiger partial charge is 0.465 e. The number of rotatable bonds is 4. The molecule has 0 amide bonds. The molecular weight excluding hydrogens is 388 g/mol.